The summed E-state index contributed by atoms with van der Waals surface area (Å²) < 4.78 is 7.10. The summed E-state index contributed by atoms with van der Waals surface area (Å²) in [5.41, 5.74) is 4.80. The number of rotatable bonds is 8. The van der Waals surface area contributed by atoms with Gasteiger partial charge in [-0.3, -0.25) is 19.5 Å². The minimum absolute atomic E-state index is 0.0100. The number of hydrogen-bond acceptors (Lipinski definition) is 5. The molecule has 164 valence electrons. The van der Waals surface area contributed by atoms with Gasteiger partial charge in [0.25, 0.3) is 5.56 Å². The Bertz CT molecular complexity index is 1160. The molecule has 2 aromatic heterocycles. The maximum Gasteiger partial charge on any atom is 0.254 e. The van der Waals surface area contributed by atoms with Gasteiger partial charge < -0.3 is 9.30 Å². The number of aromatic nitrogens is 2. The van der Waals surface area contributed by atoms with Gasteiger partial charge in [-0.15, -0.1) is 0 Å². The molecule has 4 rings (SSSR count). The zero-order valence-corrected chi connectivity index (χ0v) is 18.7. The van der Waals surface area contributed by atoms with Crippen LogP contribution in [0.3, 0.4) is 0 Å². The molecule has 7 heteroatoms. The van der Waals surface area contributed by atoms with Crippen LogP contribution in [-0.2, 0) is 26.1 Å². The molecule has 1 aliphatic rings. The fraction of sp³-hybridized carbons (Fsp3) is 0.320. The maximum absolute atomic E-state index is 12.9. The summed E-state index contributed by atoms with van der Waals surface area (Å²) in [5.74, 6) is 0.394. The SMILES string of the molecule is Bc1ccc(COc2ccn(CC(=O)c3ccc4c(c3)CN(CCC)CC4)c(=O)c2)nc1. The van der Waals surface area contributed by atoms with E-state index < -0.39 is 0 Å². The van der Waals surface area contributed by atoms with Crippen LogP contribution in [0.5, 0.6) is 5.75 Å². The number of ether oxygens (including phenoxy) is 1. The summed E-state index contributed by atoms with van der Waals surface area (Å²) in [4.78, 5) is 32.1. The molecular formula is C25H28BN3O3. The lowest BCUT2D eigenvalue weighted by Crippen LogP contribution is -2.31. The second kappa shape index (κ2) is 9.96. The predicted octanol–water partition coefficient (Wildman–Crippen LogP) is 1.73. The molecule has 0 fully saturated rings. The molecule has 0 radical (unpaired) electrons. The normalized spacial score (nSPS) is 13.5. The van der Waals surface area contributed by atoms with Crippen LogP contribution in [0.15, 0.2) is 59.7 Å². The first-order valence-electron chi connectivity index (χ1n) is 11.1. The zero-order chi connectivity index (χ0) is 22.5. The van der Waals surface area contributed by atoms with Gasteiger partial charge >= 0.3 is 0 Å². The van der Waals surface area contributed by atoms with Crippen LogP contribution >= 0.6 is 0 Å². The number of benzene rings is 1. The summed E-state index contributed by atoms with van der Waals surface area (Å²) in [6.45, 7) is 5.50. The van der Waals surface area contributed by atoms with Crippen molar-refractivity contribution in [2.24, 2.45) is 0 Å². The Labute approximate surface area is 189 Å². The Kier molecular flexibility index (Phi) is 6.85. The van der Waals surface area contributed by atoms with Crippen LogP contribution in [0.1, 0.15) is 40.5 Å². The van der Waals surface area contributed by atoms with E-state index in [1.165, 1.54) is 21.8 Å². The van der Waals surface area contributed by atoms with E-state index in [1.807, 2.05) is 32.1 Å². The topological polar surface area (TPSA) is 64.4 Å². The first-order valence-corrected chi connectivity index (χ1v) is 11.1. The number of Topliss-reactive ketones (excluding diaryl/α,β-unsaturated/α-hetero) is 1. The molecule has 32 heavy (non-hydrogen) atoms. The second-order valence-corrected chi connectivity index (χ2v) is 8.38. The molecule has 3 aromatic rings. The van der Waals surface area contributed by atoms with Crippen molar-refractivity contribution in [1.82, 2.24) is 14.5 Å². The molecule has 0 bridgehead atoms. The minimum Gasteiger partial charge on any atom is -0.487 e. The molecule has 0 amide bonds. The highest BCUT2D eigenvalue weighted by Crippen LogP contribution is 2.21. The molecule has 0 saturated carbocycles. The highest BCUT2D eigenvalue weighted by Gasteiger charge is 2.18. The van der Waals surface area contributed by atoms with E-state index in [0.717, 1.165) is 43.6 Å². The van der Waals surface area contributed by atoms with Gasteiger partial charge in [-0.05, 0) is 48.7 Å². The third-order valence-electron chi connectivity index (χ3n) is 5.80. The van der Waals surface area contributed by atoms with E-state index in [9.17, 15) is 9.59 Å². The fourth-order valence-corrected chi connectivity index (χ4v) is 3.99. The van der Waals surface area contributed by atoms with Crippen LogP contribution in [0.2, 0.25) is 0 Å². The molecule has 0 N–H and O–H groups in total. The Morgan fingerprint density at radius 2 is 2.03 bits per heavy atom. The lowest BCUT2D eigenvalue weighted by atomic mass is 9.96. The van der Waals surface area contributed by atoms with E-state index in [-0.39, 0.29) is 24.5 Å². The van der Waals surface area contributed by atoms with Gasteiger partial charge in [-0.1, -0.05) is 30.6 Å². The maximum atomic E-state index is 12.9. The van der Waals surface area contributed by atoms with Crippen molar-refractivity contribution in [2.45, 2.75) is 39.5 Å². The van der Waals surface area contributed by atoms with E-state index >= 15 is 0 Å². The van der Waals surface area contributed by atoms with Crippen molar-refractivity contribution in [1.29, 1.82) is 0 Å². The monoisotopic (exact) mass is 429 g/mol. The van der Waals surface area contributed by atoms with E-state index in [2.05, 4.69) is 22.9 Å². The Balaban J connectivity index is 1.40. The Morgan fingerprint density at radius 1 is 1.16 bits per heavy atom. The molecule has 1 aromatic carbocycles. The number of ketones is 1. The van der Waals surface area contributed by atoms with Gasteiger partial charge in [0.05, 0.1) is 12.2 Å². The van der Waals surface area contributed by atoms with E-state index in [1.54, 1.807) is 18.5 Å². The number of nitrogens with zero attached hydrogens (tertiary/aromatic N) is 3. The quantitative estimate of drug-likeness (QED) is 0.403. The first kappa shape index (κ1) is 22.0. The van der Waals surface area contributed by atoms with Crippen molar-refractivity contribution in [3.05, 3.63) is 87.6 Å². The first-order chi connectivity index (χ1) is 15.5. The van der Waals surface area contributed by atoms with Gasteiger partial charge in [-0.25, -0.2) is 0 Å². The summed E-state index contributed by atoms with van der Waals surface area (Å²) in [6, 6.07) is 12.9. The van der Waals surface area contributed by atoms with Gasteiger partial charge in [-0.2, -0.15) is 0 Å². The molecule has 3 heterocycles. The number of pyridine rings is 2. The summed E-state index contributed by atoms with van der Waals surface area (Å²) in [6.07, 6.45) is 5.53. The van der Waals surface area contributed by atoms with Crippen LogP contribution in [0.4, 0.5) is 0 Å². The standard InChI is InChI=1S/C25H28BN3O3/c1-2-9-28-10-7-18-3-4-19(12-20(18)15-28)24(30)16-29-11-8-23(13-25(29)31)32-17-22-6-5-21(26)14-27-22/h3-6,8,11-14H,2,7,9-10,15-17,26H2,1H3. The highest BCUT2D eigenvalue weighted by molar-refractivity contribution is 6.32. The van der Waals surface area contributed by atoms with Crippen molar-refractivity contribution in [3.63, 3.8) is 0 Å². The number of fused-ring (bicyclic) bond motifs is 1. The predicted molar refractivity (Wildman–Crippen MR) is 127 cm³/mol. The molecule has 0 saturated heterocycles. The lowest BCUT2D eigenvalue weighted by Gasteiger charge is -2.28. The van der Waals surface area contributed by atoms with Crippen molar-refractivity contribution < 1.29 is 9.53 Å². The molecule has 1 aliphatic heterocycles. The van der Waals surface area contributed by atoms with Gasteiger partial charge in [0.15, 0.2) is 5.78 Å². The van der Waals surface area contributed by atoms with Crippen LogP contribution < -0.4 is 15.8 Å². The number of carbonyl (C=O) groups excluding carboxylic acids is 1. The average Bonchev–Trinajstić information content (AvgIpc) is 2.80. The summed E-state index contributed by atoms with van der Waals surface area (Å²) in [5, 5.41) is 0. The average molecular weight is 429 g/mol. The minimum atomic E-state index is -0.264. The third kappa shape index (κ3) is 5.35. The van der Waals surface area contributed by atoms with Gasteiger partial charge in [0.2, 0.25) is 0 Å². The second-order valence-electron chi connectivity index (χ2n) is 8.38. The highest BCUT2D eigenvalue weighted by atomic mass is 16.5. The van der Waals surface area contributed by atoms with E-state index in [4.69, 9.17) is 4.74 Å². The van der Waals surface area contributed by atoms with Crippen molar-refractivity contribution in [2.75, 3.05) is 13.1 Å². The Hall–Kier alpha value is -3.19. The zero-order valence-electron chi connectivity index (χ0n) is 18.7. The smallest absolute Gasteiger partial charge is 0.254 e. The molecule has 0 spiro atoms. The van der Waals surface area contributed by atoms with E-state index in [0.29, 0.717) is 11.3 Å². The third-order valence-corrected chi connectivity index (χ3v) is 5.80. The molecule has 0 aliphatic carbocycles. The molecule has 0 atom stereocenters. The number of hydrogen-bond donors (Lipinski definition) is 0. The van der Waals surface area contributed by atoms with Crippen LogP contribution in [0.25, 0.3) is 0 Å². The van der Waals surface area contributed by atoms with Gasteiger partial charge in [0.1, 0.15) is 20.2 Å². The van der Waals surface area contributed by atoms with Gasteiger partial charge in [0, 0.05) is 37.1 Å². The van der Waals surface area contributed by atoms with Crippen molar-refractivity contribution in [3.8, 4) is 5.75 Å². The van der Waals surface area contributed by atoms with Crippen LogP contribution in [-0.4, -0.2) is 41.2 Å². The fourth-order valence-electron chi connectivity index (χ4n) is 3.99. The summed E-state index contributed by atoms with van der Waals surface area (Å²) >= 11 is 0. The summed E-state index contributed by atoms with van der Waals surface area (Å²) in [7, 11) is 1.98. The van der Waals surface area contributed by atoms with Crippen LogP contribution in [0, 0.1) is 0 Å². The molecular weight excluding hydrogens is 401 g/mol. The lowest BCUT2D eigenvalue weighted by molar-refractivity contribution is 0.0970. The molecule has 0 unspecified atom stereocenters. The van der Waals surface area contributed by atoms with Crippen molar-refractivity contribution >= 4 is 19.1 Å². The Morgan fingerprint density at radius 3 is 2.78 bits per heavy atom. The largest absolute Gasteiger partial charge is 0.487 e. The number of carbonyl (C=O) groups is 1. The molecule has 6 nitrogen and oxygen atoms in total.